The van der Waals surface area contributed by atoms with Gasteiger partial charge < -0.3 is 9.90 Å². The third-order valence-electron chi connectivity index (χ3n) is 0.890. The van der Waals surface area contributed by atoms with E-state index in [1.165, 1.54) is 0 Å². The summed E-state index contributed by atoms with van der Waals surface area (Å²) in [5.41, 5.74) is 0. The fourth-order valence-corrected chi connectivity index (χ4v) is 0.453. The molecule has 0 spiro atoms. The molecular weight excluding hydrogens is 194 g/mol. The van der Waals surface area contributed by atoms with Crippen molar-refractivity contribution in [3.8, 4) is 0 Å². The van der Waals surface area contributed by atoms with E-state index in [2.05, 4.69) is 0 Å². The Morgan fingerprint density at radius 1 is 1.00 bits per heavy atom. The van der Waals surface area contributed by atoms with Gasteiger partial charge in [0.2, 0.25) is 0 Å². The zero-order valence-corrected chi connectivity index (χ0v) is 5.16. The summed E-state index contributed by atoms with van der Waals surface area (Å²) in [7, 11) is 0. The van der Waals surface area contributed by atoms with E-state index in [9.17, 15) is 36.2 Å². The molecule has 0 saturated heterocycles. The maximum atomic E-state index is 11.3. The molecule has 12 heavy (non-hydrogen) atoms. The number of carboxylic acids is 1. The summed E-state index contributed by atoms with van der Waals surface area (Å²) in [6.07, 6.45) is -11.7. The molecule has 0 radical (unpaired) electrons. The largest absolute Gasteiger partial charge is 0.549 e. The third-order valence-corrected chi connectivity index (χ3v) is 0.890. The van der Waals surface area contributed by atoms with Gasteiger partial charge in [0, 0.05) is 0 Å². The average Bonchev–Trinajstić information content (AvgIpc) is 1.49. The van der Waals surface area contributed by atoms with Crippen LogP contribution in [-0.2, 0) is 4.79 Å². The summed E-state index contributed by atoms with van der Waals surface area (Å²) in [6.45, 7) is 0. The van der Waals surface area contributed by atoms with Gasteiger partial charge in [0.25, 0.3) is 0 Å². The molecule has 0 aliphatic rings. The van der Waals surface area contributed by atoms with Crippen molar-refractivity contribution in [3.05, 3.63) is 0 Å². The molecule has 0 rings (SSSR count). The van der Waals surface area contributed by atoms with Gasteiger partial charge in [-0.15, -0.1) is 0 Å². The molecule has 0 aliphatic heterocycles. The standard InChI is InChI=1S/C4H2F6O2/c5-3(6,7)1(2(11)12)4(8,9)10/h1H,(H,11,12)/p-1. The maximum absolute atomic E-state index is 11.3. The lowest BCUT2D eigenvalue weighted by Gasteiger charge is -2.23. The second-order valence-corrected chi connectivity index (χ2v) is 1.84. The molecule has 0 unspecified atom stereocenters. The zero-order chi connectivity index (χ0) is 10.2. The molecule has 0 amide bonds. The molecule has 0 aliphatic carbocycles. The highest BCUT2D eigenvalue weighted by atomic mass is 19.4. The highest BCUT2D eigenvalue weighted by Crippen LogP contribution is 2.38. The number of alkyl halides is 6. The van der Waals surface area contributed by atoms with E-state index in [0.29, 0.717) is 0 Å². The predicted octanol–water partition coefficient (Wildman–Crippen LogP) is 0.477. The number of carbonyl (C=O) groups excluding carboxylic acids is 1. The molecule has 0 atom stereocenters. The van der Waals surface area contributed by atoms with Crippen LogP contribution in [0, 0.1) is 5.92 Å². The van der Waals surface area contributed by atoms with Crippen molar-refractivity contribution in [3.63, 3.8) is 0 Å². The molecule has 0 aromatic rings. The van der Waals surface area contributed by atoms with Crippen molar-refractivity contribution in [1.82, 2.24) is 0 Å². The smallest absolute Gasteiger partial charge is 0.405 e. The number of hydrogen-bond acceptors (Lipinski definition) is 2. The van der Waals surface area contributed by atoms with Gasteiger partial charge >= 0.3 is 12.4 Å². The van der Waals surface area contributed by atoms with Gasteiger partial charge in [-0.3, -0.25) is 0 Å². The Bertz CT molecular complexity index is 165. The zero-order valence-electron chi connectivity index (χ0n) is 5.16. The Hall–Kier alpha value is -0.950. The van der Waals surface area contributed by atoms with Gasteiger partial charge in [-0.25, -0.2) is 0 Å². The SMILES string of the molecule is O=C([O-])C(C(F)(F)F)C(F)(F)F. The lowest BCUT2D eigenvalue weighted by atomic mass is 10.1. The van der Waals surface area contributed by atoms with Gasteiger partial charge in [-0.05, 0) is 0 Å². The third kappa shape index (κ3) is 2.59. The number of halogens is 6. The van der Waals surface area contributed by atoms with E-state index in [4.69, 9.17) is 0 Å². The molecule has 0 fully saturated rings. The van der Waals surface area contributed by atoms with Gasteiger partial charge in [0.15, 0.2) is 5.92 Å². The minimum atomic E-state index is -5.86. The highest BCUT2D eigenvalue weighted by molar-refractivity contribution is 5.69. The first-order valence-corrected chi connectivity index (χ1v) is 2.41. The van der Waals surface area contributed by atoms with Gasteiger partial charge in [-0.2, -0.15) is 26.3 Å². The molecule has 0 bridgehead atoms. The van der Waals surface area contributed by atoms with Crippen LogP contribution in [0.1, 0.15) is 0 Å². The van der Waals surface area contributed by atoms with Crippen LogP contribution in [-0.4, -0.2) is 18.3 Å². The number of hydrogen-bond donors (Lipinski definition) is 0. The lowest BCUT2D eigenvalue weighted by molar-refractivity contribution is -0.354. The van der Waals surface area contributed by atoms with Crippen LogP contribution in [0.4, 0.5) is 26.3 Å². The van der Waals surface area contributed by atoms with E-state index in [-0.39, 0.29) is 0 Å². The maximum Gasteiger partial charge on any atom is 0.405 e. The average molecular weight is 195 g/mol. The van der Waals surface area contributed by atoms with Crippen molar-refractivity contribution in [2.75, 3.05) is 0 Å². The van der Waals surface area contributed by atoms with E-state index in [1.54, 1.807) is 0 Å². The Labute approximate surface area is 61.8 Å². The monoisotopic (exact) mass is 195 g/mol. The predicted molar refractivity (Wildman–Crippen MR) is 20.6 cm³/mol. The number of rotatable bonds is 1. The van der Waals surface area contributed by atoms with Crippen LogP contribution in [0.3, 0.4) is 0 Å². The van der Waals surface area contributed by atoms with Crippen molar-refractivity contribution in [2.45, 2.75) is 12.4 Å². The molecule has 8 heteroatoms. The summed E-state index contributed by atoms with van der Waals surface area (Å²) in [6, 6.07) is 0. The van der Waals surface area contributed by atoms with Gasteiger partial charge in [-0.1, -0.05) is 0 Å². The van der Waals surface area contributed by atoms with E-state index in [0.717, 1.165) is 0 Å². The topological polar surface area (TPSA) is 40.1 Å². The lowest BCUT2D eigenvalue weighted by Crippen LogP contribution is -2.48. The van der Waals surface area contributed by atoms with Crippen LogP contribution in [0.15, 0.2) is 0 Å². The molecule has 0 N–H and O–H groups in total. The summed E-state index contributed by atoms with van der Waals surface area (Å²) < 4.78 is 68.0. The summed E-state index contributed by atoms with van der Waals surface area (Å²) in [5, 5.41) is 9.44. The molecule has 0 saturated carbocycles. The van der Waals surface area contributed by atoms with Crippen LogP contribution >= 0.6 is 0 Å². The Kier molecular flexibility index (Phi) is 2.61. The molecule has 0 aromatic heterocycles. The van der Waals surface area contributed by atoms with E-state index < -0.39 is 24.2 Å². The fourth-order valence-electron chi connectivity index (χ4n) is 0.453. The minimum absolute atomic E-state index is 3.20. The first-order chi connectivity index (χ1) is 5.07. The number of carboxylic acid groups (broad SMARTS) is 1. The van der Waals surface area contributed by atoms with Crippen molar-refractivity contribution in [1.29, 1.82) is 0 Å². The molecule has 0 heterocycles. The Balaban J connectivity index is 4.82. The van der Waals surface area contributed by atoms with E-state index in [1.807, 2.05) is 0 Å². The minimum Gasteiger partial charge on any atom is -0.549 e. The first-order valence-electron chi connectivity index (χ1n) is 2.41. The first kappa shape index (κ1) is 11.0. The summed E-state index contributed by atoms with van der Waals surface area (Å²) in [4.78, 5) is 9.44. The van der Waals surface area contributed by atoms with Crippen LogP contribution in [0.5, 0.6) is 0 Å². The van der Waals surface area contributed by atoms with Crippen LogP contribution in [0.25, 0.3) is 0 Å². The van der Waals surface area contributed by atoms with E-state index >= 15 is 0 Å². The van der Waals surface area contributed by atoms with Gasteiger partial charge in [0.05, 0.1) is 5.97 Å². The summed E-state index contributed by atoms with van der Waals surface area (Å²) >= 11 is 0. The molecule has 2 nitrogen and oxygen atoms in total. The Morgan fingerprint density at radius 2 is 1.25 bits per heavy atom. The highest BCUT2D eigenvalue weighted by Gasteiger charge is 2.57. The van der Waals surface area contributed by atoms with Crippen molar-refractivity contribution >= 4 is 5.97 Å². The van der Waals surface area contributed by atoms with Crippen molar-refractivity contribution < 1.29 is 36.2 Å². The van der Waals surface area contributed by atoms with Gasteiger partial charge in [0.1, 0.15) is 0 Å². The second kappa shape index (κ2) is 2.83. The number of aliphatic carboxylic acids is 1. The fraction of sp³-hybridized carbons (Fsp3) is 0.750. The molecule has 72 valence electrons. The van der Waals surface area contributed by atoms with Crippen molar-refractivity contribution in [2.24, 2.45) is 5.92 Å². The summed E-state index contributed by atoms with van der Waals surface area (Å²) in [5.74, 6) is -7.61. The quantitative estimate of drug-likeness (QED) is 0.571. The normalized spacial score (nSPS) is 13.6. The van der Waals surface area contributed by atoms with Crippen LogP contribution in [0.2, 0.25) is 0 Å². The second-order valence-electron chi connectivity index (χ2n) is 1.84. The van der Waals surface area contributed by atoms with Crippen LogP contribution < -0.4 is 5.11 Å². The Morgan fingerprint density at radius 3 is 1.25 bits per heavy atom. The molecular formula is C4HF6O2-. The molecule has 0 aromatic carbocycles. The number of carbonyl (C=O) groups is 1.